The van der Waals surface area contributed by atoms with Gasteiger partial charge < -0.3 is 10.6 Å². The van der Waals surface area contributed by atoms with Gasteiger partial charge in [0.25, 0.3) is 0 Å². The van der Waals surface area contributed by atoms with E-state index >= 15 is 0 Å². The predicted molar refractivity (Wildman–Crippen MR) is 133 cm³/mol. The highest BCUT2D eigenvalue weighted by Crippen LogP contribution is 2.29. The number of rotatable bonds is 11. The van der Waals surface area contributed by atoms with Gasteiger partial charge in [0.2, 0.25) is 0 Å². The van der Waals surface area contributed by atoms with Gasteiger partial charge >= 0.3 is 0 Å². The zero-order valence-corrected chi connectivity index (χ0v) is 18.6. The molecule has 0 aliphatic carbocycles. The van der Waals surface area contributed by atoms with Crippen molar-refractivity contribution in [2.75, 3.05) is 0 Å². The Morgan fingerprint density at radius 3 is 1.39 bits per heavy atom. The third-order valence-electron chi connectivity index (χ3n) is 5.95. The van der Waals surface area contributed by atoms with E-state index in [0.29, 0.717) is 0 Å². The Morgan fingerprint density at radius 2 is 0.968 bits per heavy atom. The van der Waals surface area contributed by atoms with Gasteiger partial charge in [0, 0.05) is 30.1 Å². The van der Waals surface area contributed by atoms with E-state index in [1.807, 2.05) is 12.2 Å². The molecule has 0 aliphatic heterocycles. The maximum atomic E-state index is 4.11. The van der Waals surface area contributed by atoms with E-state index in [2.05, 4.69) is 129 Å². The quantitative estimate of drug-likeness (QED) is 0.340. The largest absolute Gasteiger partial charge is 0.305 e. The number of benzene rings is 3. The molecule has 2 N–H and O–H groups in total. The van der Waals surface area contributed by atoms with Gasteiger partial charge in [-0.3, -0.25) is 0 Å². The monoisotopic (exact) mass is 410 g/mol. The summed E-state index contributed by atoms with van der Waals surface area (Å²) in [4.78, 5) is 0. The molecule has 160 valence electrons. The van der Waals surface area contributed by atoms with Crippen molar-refractivity contribution in [1.82, 2.24) is 10.6 Å². The van der Waals surface area contributed by atoms with E-state index in [1.54, 1.807) is 0 Å². The van der Waals surface area contributed by atoms with E-state index in [9.17, 15) is 0 Å². The fourth-order valence-corrected chi connectivity index (χ4v) is 4.12. The van der Waals surface area contributed by atoms with Gasteiger partial charge in [-0.25, -0.2) is 0 Å². The third-order valence-corrected chi connectivity index (χ3v) is 5.95. The van der Waals surface area contributed by atoms with Crippen LogP contribution >= 0.6 is 0 Å². The lowest BCUT2D eigenvalue weighted by Gasteiger charge is -2.37. The molecule has 3 aromatic carbocycles. The molecule has 0 radical (unpaired) electrons. The van der Waals surface area contributed by atoms with Crippen LogP contribution in [-0.2, 0) is 0 Å². The van der Waals surface area contributed by atoms with Crippen LogP contribution in [0.2, 0.25) is 0 Å². The summed E-state index contributed by atoms with van der Waals surface area (Å²) in [7, 11) is 0. The minimum Gasteiger partial charge on any atom is -0.305 e. The van der Waals surface area contributed by atoms with Crippen LogP contribution in [0.3, 0.4) is 0 Å². The van der Waals surface area contributed by atoms with Crippen LogP contribution in [0.15, 0.2) is 116 Å². The molecule has 0 aromatic heterocycles. The lowest BCUT2D eigenvalue weighted by Crippen LogP contribution is -2.47. The summed E-state index contributed by atoms with van der Waals surface area (Å²) >= 11 is 0. The Morgan fingerprint density at radius 1 is 0.581 bits per heavy atom. The van der Waals surface area contributed by atoms with E-state index < -0.39 is 0 Å². The Kier molecular flexibility index (Phi) is 8.40. The van der Waals surface area contributed by atoms with Gasteiger partial charge in [0.05, 0.1) is 0 Å². The van der Waals surface area contributed by atoms with E-state index in [-0.39, 0.29) is 30.1 Å². The molecule has 0 heterocycles. The summed E-state index contributed by atoms with van der Waals surface area (Å²) in [5, 5.41) is 7.78. The highest BCUT2D eigenvalue weighted by molar-refractivity contribution is 5.26. The van der Waals surface area contributed by atoms with Crippen LogP contribution in [0.5, 0.6) is 0 Å². The molecule has 31 heavy (non-hydrogen) atoms. The van der Waals surface area contributed by atoms with Crippen LogP contribution < -0.4 is 10.6 Å². The van der Waals surface area contributed by atoms with Crippen molar-refractivity contribution >= 4 is 0 Å². The zero-order valence-electron chi connectivity index (χ0n) is 18.6. The Labute approximate surface area is 187 Å². The summed E-state index contributed by atoms with van der Waals surface area (Å²) < 4.78 is 0. The third kappa shape index (κ3) is 6.04. The Balaban J connectivity index is 1.96. The van der Waals surface area contributed by atoms with Crippen molar-refractivity contribution in [3.63, 3.8) is 0 Å². The first-order chi connectivity index (χ1) is 15.1. The number of nitrogens with one attached hydrogen (secondary N) is 2. The standard InChI is InChI=1S/C29H34N2/c1-5-24(6-2)28(30-22(3)25-16-10-7-11-17-25)29(27-20-14-9-15-21-27)31-23(4)26-18-12-8-13-19-26/h5-24,28-31H,1-2H2,3-4H3/t22-,23-,28+,29+/m0/s1. The second kappa shape index (κ2) is 11.5. The summed E-state index contributed by atoms with van der Waals surface area (Å²) in [5.74, 6) is 0.104. The van der Waals surface area contributed by atoms with Gasteiger partial charge in [0.15, 0.2) is 0 Å². The number of hydrogen-bond donors (Lipinski definition) is 2. The lowest BCUT2D eigenvalue weighted by molar-refractivity contribution is 0.298. The summed E-state index contributed by atoms with van der Waals surface area (Å²) in [6, 6.07) is 32.4. The van der Waals surface area contributed by atoms with Crippen molar-refractivity contribution < 1.29 is 0 Å². The van der Waals surface area contributed by atoms with Crippen LogP contribution in [0.25, 0.3) is 0 Å². The summed E-state index contributed by atoms with van der Waals surface area (Å²) in [6.45, 7) is 12.7. The Bertz CT molecular complexity index is 913. The van der Waals surface area contributed by atoms with Crippen LogP contribution in [-0.4, -0.2) is 6.04 Å². The SMILES string of the molecule is C=CC(C=C)[C@@H](N[C@@H](C)c1ccccc1)[C@H](N[C@@H](C)c1ccccc1)c1ccccc1. The van der Waals surface area contributed by atoms with E-state index in [0.717, 1.165) is 0 Å². The molecule has 3 rings (SSSR count). The average Bonchev–Trinajstić information content (AvgIpc) is 2.84. The topological polar surface area (TPSA) is 24.1 Å². The molecular weight excluding hydrogens is 376 g/mol. The maximum absolute atomic E-state index is 4.11. The average molecular weight is 411 g/mol. The molecule has 2 heteroatoms. The second-order valence-electron chi connectivity index (χ2n) is 8.06. The first-order valence-electron chi connectivity index (χ1n) is 11.1. The molecular formula is C29H34N2. The van der Waals surface area contributed by atoms with Crippen molar-refractivity contribution in [2.45, 2.75) is 38.0 Å². The van der Waals surface area contributed by atoms with E-state index in [4.69, 9.17) is 0 Å². The van der Waals surface area contributed by atoms with Crippen molar-refractivity contribution in [1.29, 1.82) is 0 Å². The van der Waals surface area contributed by atoms with Crippen molar-refractivity contribution in [2.24, 2.45) is 5.92 Å². The first-order valence-corrected chi connectivity index (χ1v) is 11.1. The lowest BCUT2D eigenvalue weighted by atomic mass is 9.87. The smallest absolute Gasteiger partial charge is 0.0489 e. The molecule has 0 bridgehead atoms. The van der Waals surface area contributed by atoms with Gasteiger partial charge in [-0.1, -0.05) is 103 Å². The number of hydrogen-bond acceptors (Lipinski definition) is 2. The van der Waals surface area contributed by atoms with Gasteiger partial charge in [-0.05, 0) is 30.5 Å². The minimum absolute atomic E-state index is 0.0727. The molecule has 0 fully saturated rings. The van der Waals surface area contributed by atoms with Gasteiger partial charge in [-0.2, -0.15) is 0 Å². The van der Waals surface area contributed by atoms with Crippen LogP contribution in [0.1, 0.15) is 48.7 Å². The normalized spacial score (nSPS) is 15.1. The fraction of sp³-hybridized carbons (Fsp3) is 0.241. The van der Waals surface area contributed by atoms with Crippen molar-refractivity contribution in [3.05, 3.63) is 133 Å². The predicted octanol–water partition coefficient (Wildman–Crippen LogP) is 6.79. The van der Waals surface area contributed by atoms with Crippen molar-refractivity contribution in [3.8, 4) is 0 Å². The zero-order chi connectivity index (χ0) is 22.1. The highest BCUT2D eigenvalue weighted by Gasteiger charge is 2.30. The van der Waals surface area contributed by atoms with Crippen LogP contribution in [0, 0.1) is 5.92 Å². The molecule has 0 saturated carbocycles. The molecule has 0 unspecified atom stereocenters. The Hall–Kier alpha value is -2.94. The molecule has 0 amide bonds. The molecule has 2 nitrogen and oxygen atoms in total. The maximum Gasteiger partial charge on any atom is 0.0489 e. The molecule has 3 aromatic rings. The van der Waals surface area contributed by atoms with E-state index in [1.165, 1.54) is 16.7 Å². The van der Waals surface area contributed by atoms with Gasteiger partial charge in [-0.15, -0.1) is 13.2 Å². The summed E-state index contributed by atoms with van der Waals surface area (Å²) in [5.41, 5.74) is 3.78. The molecule has 0 spiro atoms. The first kappa shape index (κ1) is 22.7. The van der Waals surface area contributed by atoms with Gasteiger partial charge in [0.1, 0.15) is 0 Å². The molecule has 0 aliphatic rings. The van der Waals surface area contributed by atoms with Crippen LogP contribution in [0.4, 0.5) is 0 Å². The minimum atomic E-state index is 0.0727. The fourth-order valence-electron chi connectivity index (χ4n) is 4.12. The second-order valence-corrected chi connectivity index (χ2v) is 8.06. The summed E-state index contributed by atoms with van der Waals surface area (Å²) in [6.07, 6.45) is 3.99. The molecule has 4 atom stereocenters. The highest BCUT2D eigenvalue weighted by atomic mass is 15.1. The molecule has 0 saturated heterocycles.